The van der Waals surface area contributed by atoms with Crippen LogP contribution in [0.25, 0.3) is 10.2 Å². The number of aryl methyl sites for hydroxylation is 1. The van der Waals surface area contributed by atoms with Crippen molar-refractivity contribution in [3.63, 3.8) is 0 Å². The third kappa shape index (κ3) is 2.55. The molecule has 2 heterocycles. The number of piperidine rings is 1. The van der Waals surface area contributed by atoms with E-state index in [-0.39, 0.29) is 0 Å². The first kappa shape index (κ1) is 12.1. The van der Waals surface area contributed by atoms with Crippen molar-refractivity contribution in [2.45, 2.75) is 32.5 Å². The number of fused-ring (bicyclic) bond motifs is 1. The zero-order valence-corrected chi connectivity index (χ0v) is 11.4. The summed E-state index contributed by atoms with van der Waals surface area (Å²) in [6.07, 6.45) is 2.63. The molecular formula is C14H18N2OS. The maximum Gasteiger partial charge on any atom is 0.120 e. The largest absolute Gasteiger partial charge is 0.371 e. The molecule has 0 amide bonds. The summed E-state index contributed by atoms with van der Waals surface area (Å²) in [6, 6.07) is 6.33. The van der Waals surface area contributed by atoms with Crippen LogP contribution in [0.4, 0.5) is 0 Å². The predicted molar refractivity (Wildman–Crippen MR) is 75.0 cm³/mol. The molecular weight excluding hydrogens is 244 g/mol. The van der Waals surface area contributed by atoms with Crippen LogP contribution in [0, 0.1) is 6.92 Å². The van der Waals surface area contributed by atoms with Gasteiger partial charge < -0.3 is 10.1 Å². The van der Waals surface area contributed by atoms with E-state index in [9.17, 15) is 0 Å². The summed E-state index contributed by atoms with van der Waals surface area (Å²) in [6.45, 7) is 4.91. The average molecular weight is 262 g/mol. The maximum absolute atomic E-state index is 5.95. The number of benzene rings is 1. The highest BCUT2D eigenvalue weighted by molar-refractivity contribution is 7.18. The van der Waals surface area contributed by atoms with Crippen LogP contribution in [0.3, 0.4) is 0 Å². The molecule has 0 unspecified atom stereocenters. The van der Waals surface area contributed by atoms with Gasteiger partial charge in [-0.25, -0.2) is 4.98 Å². The molecule has 0 spiro atoms. The van der Waals surface area contributed by atoms with Gasteiger partial charge in [0.1, 0.15) is 5.01 Å². The average Bonchev–Trinajstić information content (AvgIpc) is 2.82. The van der Waals surface area contributed by atoms with E-state index in [4.69, 9.17) is 4.74 Å². The number of hydrogen-bond acceptors (Lipinski definition) is 4. The van der Waals surface area contributed by atoms with Gasteiger partial charge in [0.15, 0.2) is 0 Å². The summed E-state index contributed by atoms with van der Waals surface area (Å²) < 4.78 is 7.21. The van der Waals surface area contributed by atoms with Gasteiger partial charge in [0.05, 0.1) is 22.9 Å². The SMILES string of the molecule is Cc1cccc2sc(COC3CCNCC3)nc12. The number of thiazole rings is 1. The van der Waals surface area contributed by atoms with Gasteiger partial charge >= 0.3 is 0 Å². The number of rotatable bonds is 3. The Balaban J connectivity index is 1.69. The fourth-order valence-corrected chi connectivity index (χ4v) is 3.31. The number of nitrogens with one attached hydrogen (secondary N) is 1. The summed E-state index contributed by atoms with van der Waals surface area (Å²) >= 11 is 1.75. The highest BCUT2D eigenvalue weighted by atomic mass is 32.1. The summed E-state index contributed by atoms with van der Waals surface area (Å²) in [5.74, 6) is 0. The lowest BCUT2D eigenvalue weighted by Gasteiger charge is -2.22. The van der Waals surface area contributed by atoms with Crippen LogP contribution in [0.5, 0.6) is 0 Å². The Morgan fingerprint density at radius 1 is 1.39 bits per heavy atom. The monoisotopic (exact) mass is 262 g/mol. The molecule has 1 saturated heterocycles. The van der Waals surface area contributed by atoms with Crippen LogP contribution >= 0.6 is 11.3 Å². The molecule has 1 aliphatic heterocycles. The molecule has 0 atom stereocenters. The lowest BCUT2D eigenvalue weighted by molar-refractivity contribution is 0.0212. The second-order valence-corrected chi connectivity index (χ2v) is 5.90. The first-order chi connectivity index (χ1) is 8.83. The Morgan fingerprint density at radius 2 is 2.22 bits per heavy atom. The van der Waals surface area contributed by atoms with Crippen molar-refractivity contribution in [3.05, 3.63) is 28.8 Å². The molecule has 1 fully saturated rings. The van der Waals surface area contributed by atoms with Gasteiger partial charge in [-0.1, -0.05) is 12.1 Å². The van der Waals surface area contributed by atoms with E-state index in [1.807, 2.05) is 0 Å². The van der Waals surface area contributed by atoms with E-state index in [0.29, 0.717) is 12.7 Å². The van der Waals surface area contributed by atoms with Crippen LogP contribution in [0.1, 0.15) is 23.4 Å². The van der Waals surface area contributed by atoms with E-state index in [1.165, 1.54) is 10.3 Å². The fourth-order valence-electron chi connectivity index (χ4n) is 2.35. The molecule has 3 rings (SSSR count). The minimum Gasteiger partial charge on any atom is -0.371 e. The second kappa shape index (κ2) is 5.34. The van der Waals surface area contributed by atoms with Crippen LogP contribution in [-0.2, 0) is 11.3 Å². The van der Waals surface area contributed by atoms with E-state index >= 15 is 0 Å². The van der Waals surface area contributed by atoms with Crippen LogP contribution < -0.4 is 5.32 Å². The van der Waals surface area contributed by atoms with Crippen LogP contribution in [0.15, 0.2) is 18.2 Å². The number of ether oxygens (including phenoxy) is 1. The number of hydrogen-bond donors (Lipinski definition) is 1. The van der Waals surface area contributed by atoms with Crippen molar-refractivity contribution >= 4 is 21.6 Å². The standard InChI is InChI=1S/C14H18N2OS/c1-10-3-2-4-12-14(10)16-13(18-12)9-17-11-5-7-15-8-6-11/h2-4,11,15H,5-9H2,1H3. The lowest BCUT2D eigenvalue weighted by Crippen LogP contribution is -2.32. The zero-order valence-electron chi connectivity index (χ0n) is 10.6. The number of aromatic nitrogens is 1. The maximum atomic E-state index is 5.95. The molecule has 1 N–H and O–H groups in total. The van der Waals surface area contributed by atoms with Gasteiger partial charge in [-0.3, -0.25) is 0 Å². The number of nitrogens with zero attached hydrogens (tertiary/aromatic N) is 1. The van der Waals surface area contributed by atoms with Gasteiger partial charge in [0.25, 0.3) is 0 Å². The van der Waals surface area contributed by atoms with Gasteiger partial charge in [-0.15, -0.1) is 11.3 Å². The van der Waals surface area contributed by atoms with E-state index in [0.717, 1.165) is 36.5 Å². The van der Waals surface area contributed by atoms with Crippen molar-refractivity contribution in [3.8, 4) is 0 Å². The summed E-state index contributed by atoms with van der Waals surface area (Å²) in [5, 5.41) is 4.44. The molecule has 1 aliphatic rings. The zero-order chi connectivity index (χ0) is 12.4. The minimum absolute atomic E-state index is 0.402. The van der Waals surface area contributed by atoms with Gasteiger partial charge in [0, 0.05) is 0 Å². The topological polar surface area (TPSA) is 34.1 Å². The third-order valence-electron chi connectivity index (χ3n) is 3.39. The second-order valence-electron chi connectivity index (χ2n) is 4.79. The van der Waals surface area contributed by atoms with Gasteiger partial charge in [-0.05, 0) is 44.5 Å². The molecule has 0 bridgehead atoms. The number of para-hydroxylation sites is 1. The molecule has 18 heavy (non-hydrogen) atoms. The minimum atomic E-state index is 0.402. The molecule has 1 aromatic heterocycles. The molecule has 96 valence electrons. The molecule has 3 nitrogen and oxygen atoms in total. The molecule has 0 radical (unpaired) electrons. The molecule has 1 aromatic carbocycles. The smallest absolute Gasteiger partial charge is 0.120 e. The fraction of sp³-hybridized carbons (Fsp3) is 0.500. The van der Waals surface area contributed by atoms with Crippen molar-refractivity contribution in [2.24, 2.45) is 0 Å². The van der Waals surface area contributed by atoms with Crippen molar-refractivity contribution in [1.82, 2.24) is 10.3 Å². The lowest BCUT2D eigenvalue weighted by atomic mass is 10.1. The molecule has 4 heteroatoms. The quantitative estimate of drug-likeness (QED) is 0.923. The highest BCUT2D eigenvalue weighted by Crippen LogP contribution is 2.25. The molecule has 2 aromatic rings. The van der Waals surface area contributed by atoms with Crippen molar-refractivity contribution in [2.75, 3.05) is 13.1 Å². The molecule has 0 aliphatic carbocycles. The third-order valence-corrected chi connectivity index (χ3v) is 4.39. The Kier molecular flexibility index (Phi) is 3.59. The Morgan fingerprint density at radius 3 is 3.00 bits per heavy atom. The normalized spacial score (nSPS) is 17.4. The van der Waals surface area contributed by atoms with Gasteiger partial charge in [0.2, 0.25) is 0 Å². The Hall–Kier alpha value is -0.970. The highest BCUT2D eigenvalue weighted by Gasteiger charge is 2.14. The van der Waals surface area contributed by atoms with E-state index < -0.39 is 0 Å². The molecule has 0 saturated carbocycles. The summed E-state index contributed by atoms with van der Waals surface area (Å²) in [7, 11) is 0. The predicted octanol–water partition coefficient (Wildman–Crippen LogP) is 2.87. The van der Waals surface area contributed by atoms with E-state index in [1.54, 1.807) is 11.3 Å². The van der Waals surface area contributed by atoms with Crippen molar-refractivity contribution < 1.29 is 4.74 Å². The van der Waals surface area contributed by atoms with Crippen LogP contribution in [-0.4, -0.2) is 24.2 Å². The van der Waals surface area contributed by atoms with E-state index in [2.05, 4.69) is 35.4 Å². The van der Waals surface area contributed by atoms with Crippen molar-refractivity contribution in [1.29, 1.82) is 0 Å². The van der Waals surface area contributed by atoms with Crippen LogP contribution in [0.2, 0.25) is 0 Å². The Labute approximate surface area is 111 Å². The first-order valence-corrected chi connectivity index (χ1v) is 7.32. The summed E-state index contributed by atoms with van der Waals surface area (Å²) in [4.78, 5) is 4.67. The first-order valence-electron chi connectivity index (χ1n) is 6.50. The Bertz CT molecular complexity index is 532. The van der Waals surface area contributed by atoms with Gasteiger partial charge in [-0.2, -0.15) is 0 Å². The summed E-state index contributed by atoms with van der Waals surface area (Å²) in [5.41, 5.74) is 2.38.